The molecule has 1 aromatic rings. The van der Waals surface area contributed by atoms with E-state index in [0.29, 0.717) is 0 Å². The molecule has 2 aliphatic heterocycles. The fourth-order valence-electron chi connectivity index (χ4n) is 4.44. The first-order chi connectivity index (χ1) is 14.5. The second-order valence-corrected chi connectivity index (χ2v) is 10.0. The quantitative estimate of drug-likeness (QED) is 0.671. The molecule has 1 aliphatic carbocycles. The average molecular weight is 460 g/mol. The van der Waals surface area contributed by atoms with E-state index in [4.69, 9.17) is 5.26 Å². The first kappa shape index (κ1) is 22.0. The van der Waals surface area contributed by atoms with E-state index in [1.165, 1.54) is 9.21 Å². The van der Waals surface area contributed by atoms with Crippen LogP contribution in [0.3, 0.4) is 0 Å². The van der Waals surface area contributed by atoms with Crippen LogP contribution in [-0.2, 0) is 21.0 Å². The molecule has 1 saturated carbocycles. The van der Waals surface area contributed by atoms with Crippen molar-refractivity contribution in [3.05, 3.63) is 29.8 Å². The normalized spacial score (nSPS) is 30.8. The summed E-state index contributed by atoms with van der Waals surface area (Å²) in [7, 11) is -3.90. The predicted octanol–water partition coefficient (Wildman–Crippen LogP) is 1.38. The molecule has 1 aromatic carbocycles. The van der Waals surface area contributed by atoms with Crippen molar-refractivity contribution in [3.63, 3.8) is 0 Å². The number of nitrogens with zero attached hydrogens (tertiary/aromatic N) is 3. The van der Waals surface area contributed by atoms with E-state index < -0.39 is 34.0 Å². The summed E-state index contributed by atoms with van der Waals surface area (Å²) >= 11 is 0. The smallest absolute Gasteiger partial charge is 0.323 e. The van der Waals surface area contributed by atoms with Crippen molar-refractivity contribution in [1.82, 2.24) is 14.5 Å². The number of amides is 1. The molecule has 2 saturated heterocycles. The van der Waals surface area contributed by atoms with Gasteiger partial charge >= 0.3 is 6.18 Å². The fourth-order valence-corrected chi connectivity index (χ4v) is 5.96. The zero-order chi connectivity index (χ0) is 22.6. The van der Waals surface area contributed by atoms with Crippen molar-refractivity contribution in [2.45, 2.75) is 35.7 Å². The third-order valence-electron chi connectivity index (χ3n) is 6.19. The minimum absolute atomic E-state index is 0.00344. The Morgan fingerprint density at radius 3 is 2.32 bits per heavy atom. The lowest BCUT2D eigenvalue weighted by atomic mass is 10.2. The number of fused-ring (bicyclic) bond motifs is 1. The summed E-state index contributed by atoms with van der Waals surface area (Å²) in [5, 5.41) is 12.1. The molecule has 0 bridgehead atoms. The van der Waals surface area contributed by atoms with Crippen molar-refractivity contribution in [2.24, 2.45) is 11.8 Å². The monoisotopic (exact) mass is 460 g/mol. The van der Waals surface area contributed by atoms with Crippen molar-refractivity contribution < 1.29 is 30.8 Å². The molecule has 12 heteroatoms. The summed E-state index contributed by atoms with van der Waals surface area (Å²) in [4.78, 5) is 13.3. The van der Waals surface area contributed by atoms with Crippen LogP contribution in [0.25, 0.3) is 0 Å². The Balaban J connectivity index is 1.30. The van der Waals surface area contributed by atoms with Gasteiger partial charge in [-0.3, -0.25) is 4.79 Å². The number of sulfonamides is 1. The van der Waals surface area contributed by atoms with Gasteiger partial charge in [0, 0.05) is 25.6 Å². The van der Waals surface area contributed by atoms with E-state index in [9.17, 15) is 30.8 Å². The van der Waals surface area contributed by atoms with Crippen LogP contribution in [0.1, 0.15) is 12.0 Å². The van der Waals surface area contributed by atoms with Gasteiger partial charge in [-0.25, -0.2) is 12.8 Å². The first-order valence-corrected chi connectivity index (χ1v) is 11.2. The molecule has 31 heavy (non-hydrogen) atoms. The van der Waals surface area contributed by atoms with Gasteiger partial charge in [-0.2, -0.15) is 22.7 Å². The van der Waals surface area contributed by atoms with E-state index >= 15 is 0 Å². The maximum atomic E-state index is 13.5. The number of carbonyl (C=O) groups excluding carboxylic acids is 1. The van der Waals surface area contributed by atoms with Crippen molar-refractivity contribution in [2.75, 3.05) is 26.2 Å². The molecule has 2 heterocycles. The van der Waals surface area contributed by atoms with E-state index in [0.717, 1.165) is 24.3 Å². The Kier molecular flexibility index (Phi) is 5.47. The van der Waals surface area contributed by atoms with E-state index in [1.807, 2.05) is 6.07 Å². The predicted molar refractivity (Wildman–Crippen MR) is 99.6 cm³/mol. The van der Waals surface area contributed by atoms with Gasteiger partial charge in [0.1, 0.15) is 12.2 Å². The number of carbonyl (C=O) groups is 1. The van der Waals surface area contributed by atoms with Crippen LogP contribution in [0.15, 0.2) is 29.2 Å². The maximum absolute atomic E-state index is 13.5. The standard InChI is InChI=1S/C19H20F4N4O3S/c20-12-5-13(6-24)27(8-12)17(28)7-25-18-15-9-26(10-16(15)18)31(29,30)14-3-1-11(2-4-14)19(21,22)23/h1-4,12-13,15-16,18,25H,5,7-10H2. The zero-order valence-corrected chi connectivity index (χ0v) is 17.0. The topological polar surface area (TPSA) is 93.5 Å². The Labute approximate surface area is 176 Å². The molecule has 7 nitrogen and oxygen atoms in total. The lowest BCUT2D eigenvalue weighted by Crippen LogP contribution is -2.43. The highest BCUT2D eigenvalue weighted by molar-refractivity contribution is 7.89. The fraction of sp³-hybridized carbons (Fsp3) is 0.579. The molecular weight excluding hydrogens is 440 g/mol. The number of benzene rings is 1. The van der Waals surface area contributed by atoms with Crippen molar-refractivity contribution >= 4 is 15.9 Å². The molecule has 4 unspecified atom stereocenters. The molecule has 0 radical (unpaired) electrons. The highest BCUT2D eigenvalue weighted by atomic mass is 32.2. The summed E-state index contributed by atoms with van der Waals surface area (Å²) in [6.07, 6.45) is -5.74. The van der Waals surface area contributed by atoms with Crippen molar-refractivity contribution in [3.8, 4) is 6.07 Å². The number of rotatable bonds is 5. The molecule has 3 aliphatic rings. The Morgan fingerprint density at radius 2 is 1.77 bits per heavy atom. The first-order valence-electron chi connectivity index (χ1n) is 9.76. The Morgan fingerprint density at radius 1 is 1.16 bits per heavy atom. The molecule has 3 fully saturated rings. The SMILES string of the molecule is N#CC1CC(F)CN1C(=O)CNC1C2CN(S(=O)(=O)c3ccc(C(F)(F)F)cc3)CC21. The van der Waals surface area contributed by atoms with E-state index in [2.05, 4.69) is 5.32 Å². The number of hydrogen-bond acceptors (Lipinski definition) is 5. The third kappa shape index (κ3) is 4.14. The number of hydrogen-bond donors (Lipinski definition) is 1. The third-order valence-corrected chi connectivity index (χ3v) is 8.03. The van der Waals surface area contributed by atoms with Gasteiger partial charge in [0.05, 0.1) is 29.6 Å². The zero-order valence-electron chi connectivity index (χ0n) is 16.2. The van der Waals surface area contributed by atoms with Gasteiger partial charge in [0.25, 0.3) is 0 Å². The number of nitriles is 1. The number of halogens is 4. The summed E-state index contributed by atoms with van der Waals surface area (Å²) in [6, 6.07) is 4.48. The van der Waals surface area contributed by atoms with Crippen LogP contribution >= 0.6 is 0 Å². The Hall–Kier alpha value is -2.23. The van der Waals surface area contributed by atoms with Gasteiger partial charge in [-0.1, -0.05) is 0 Å². The average Bonchev–Trinajstić information content (AvgIpc) is 3.05. The van der Waals surface area contributed by atoms with Crippen LogP contribution < -0.4 is 5.32 Å². The minimum Gasteiger partial charge on any atom is -0.323 e. The second kappa shape index (κ2) is 7.72. The number of piperidine rings is 1. The maximum Gasteiger partial charge on any atom is 0.416 e. The van der Waals surface area contributed by atoms with Crippen LogP contribution in [-0.4, -0.2) is 68.0 Å². The lowest BCUT2D eigenvalue weighted by molar-refractivity contribution is -0.137. The van der Waals surface area contributed by atoms with Crippen LogP contribution in [0.2, 0.25) is 0 Å². The molecule has 4 rings (SSSR count). The Bertz CT molecular complexity index is 996. The summed E-state index contributed by atoms with van der Waals surface area (Å²) in [5.74, 6) is -0.376. The molecule has 0 aromatic heterocycles. The summed E-state index contributed by atoms with van der Waals surface area (Å²) in [6.45, 7) is 0.248. The molecule has 1 amide bonds. The van der Waals surface area contributed by atoms with Crippen LogP contribution in [0.4, 0.5) is 17.6 Å². The van der Waals surface area contributed by atoms with Gasteiger partial charge in [-0.05, 0) is 36.1 Å². The highest BCUT2D eigenvalue weighted by Crippen LogP contribution is 2.47. The molecular formula is C19H20F4N4O3S. The molecule has 168 valence electrons. The number of nitrogens with one attached hydrogen (secondary N) is 1. The van der Waals surface area contributed by atoms with Gasteiger partial charge in [-0.15, -0.1) is 0 Å². The largest absolute Gasteiger partial charge is 0.416 e. The van der Waals surface area contributed by atoms with Crippen LogP contribution in [0.5, 0.6) is 0 Å². The van der Waals surface area contributed by atoms with Gasteiger partial charge < -0.3 is 10.2 Å². The highest BCUT2D eigenvalue weighted by Gasteiger charge is 2.58. The van der Waals surface area contributed by atoms with Crippen LogP contribution in [0, 0.1) is 23.2 Å². The molecule has 4 atom stereocenters. The molecule has 1 N–H and O–H groups in total. The minimum atomic E-state index is -4.54. The summed E-state index contributed by atoms with van der Waals surface area (Å²) < 4.78 is 78.1. The lowest BCUT2D eigenvalue weighted by Gasteiger charge is -2.22. The second-order valence-electron chi connectivity index (χ2n) is 8.10. The number of likely N-dealkylation sites (tertiary alicyclic amines) is 1. The van der Waals surface area contributed by atoms with E-state index in [1.54, 1.807) is 0 Å². The summed E-state index contributed by atoms with van der Waals surface area (Å²) in [5.41, 5.74) is -0.916. The van der Waals surface area contributed by atoms with Gasteiger partial charge in [0.2, 0.25) is 15.9 Å². The van der Waals surface area contributed by atoms with Crippen molar-refractivity contribution in [1.29, 1.82) is 5.26 Å². The van der Waals surface area contributed by atoms with E-state index in [-0.39, 0.29) is 61.3 Å². The number of alkyl halides is 4. The molecule has 0 spiro atoms. The van der Waals surface area contributed by atoms with Gasteiger partial charge in [0.15, 0.2) is 0 Å².